The van der Waals surface area contributed by atoms with Crippen LogP contribution in [0.2, 0.25) is 0 Å². The third-order valence-corrected chi connectivity index (χ3v) is 2.38. The Balaban J connectivity index is 0.000000980. The van der Waals surface area contributed by atoms with E-state index < -0.39 is 0 Å². The van der Waals surface area contributed by atoms with Gasteiger partial charge >= 0.3 is 0 Å². The van der Waals surface area contributed by atoms with Crippen LogP contribution in [-0.2, 0) is 13.0 Å². The van der Waals surface area contributed by atoms with Crippen molar-refractivity contribution in [1.29, 1.82) is 0 Å². The van der Waals surface area contributed by atoms with Crippen molar-refractivity contribution in [3.8, 4) is 0 Å². The molecule has 0 bridgehead atoms. The molecular weight excluding hydrogens is 248 g/mol. The highest BCUT2D eigenvalue weighted by Gasteiger charge is 2.15. The minimum absolute atomic E-state index is 0. The molecule has 14 heavy (non-hydrogen) atoms. The highest BCUT2D eigenvalue weighted by atomic mass is 79.9. The van der Waals surface area contributed by atoms with Crippen LogP contribution in [0.4, 0.5) is 5.69 Å². The van der Waals surface area contributed by atoms with Gasteiger partial charge in [0.2, 0.25) is 0 Å². The molecule has 0 saturated heterocycles. The Kier molecular flexibility index (Phi) is 3.60. The molecule has 0 aromatic heterocycles. The van der Waals surface area contributed by atoms with Crippen molar-refractivity contribution in [2.24, 2.45) is 0 Å². The lowest BCUT2D eigenvalue weighted by Crippen LogP contribution is -3.00. The maximum absolute atomic E-state index is 10.5. The molecule has 0 aliphatic carbocycles. The second-order valence-corrected chi connectivity index (χ2v) is 3.24. The number of non-ortho nitro benzene ring substituents is 1. The fraction of sp³-hybridized carbons (Fsp3) is 0.333. The highest BCUT2D eigenvalue weighted by Crippen LogP contribution is 2.18. The quantitative estimate of drug-likeness (QED) is 0.438. The smallest absolute Gasteiger partial charge is 0.269 e. The van der Waals surface area contributed by atoms with Crippen LogP contribution in [-0.4, -0.2) is 11.5 Å². The van der Waals surface area contributed by atoms with Gasteiger partial charge in [-0.3, -0.25) is 10.1 Å². The summed E-state index contributed by atoms with van der Waals surface area (Å²) < 4.78 is 0. The Morgan fingerprint density at radius 2 is 2.14 bits per heavy atom. The van der Waals surface area contributed by atoms with Gasteiger partial charge in [0.15, 0.2) is 0 Å². The van der Waals surface area contributed by atoms with Crippen LogP contribution in [0, 0.1) is 10.1 Å². The van der Waals surface area contributed by atoms with Crippen molar-refractivity contribution in [3.05, 3.63) is 39.4 Å². The number of fused-ring (bicyclic) bond motifs is 1. The Morgan fingerprint density at radius 3 is 2.86 bits per heavy atom. The number of halogens is 1. The van der Waals surface area contributed by atoms with E-state index in [4.69, 9.17) is 0 Å². The fourth-order valence-corrected chi connectivity index (χ4v) is 1.67. The summed E-state index contributed by atoms with van der Waals surface area (Å²) in [5, 5.41) is 12.7. The van der Waals surface area contributed by atoms with E-state index in [0.717, 1.165) is 25.1 Å². The lowest BCUT2D eigenvalue weighted by atomic mass is 10.0. The molecule has 0 unspecified atom stereocenters. The molecule has 1 aromatic rings. The van der Waals surface area contributed by atoms with Crippen molar-refractivity contribution in [2.75, 3.05) is 6.54 Å². The van der Waals surface area contributed by atoms with Crippen LogP contribution in [0.15, 0.2) is 18.2 Å². The number of nitrogens with zero attached hydrogens (tertiary/aromatic N) is 1. The first kappa shape index (κ1) is 11.1. The molecule has 0 saturated carbocycles. The number of hydrogen-bond donors (Lipinski definition) is 1. The SMILES string of the molecule is O=[N+]([O-])c1ccc2c(c1)C[NH2+]CC2.[Br-]. The summed E-state index contributed by atoms with van der Waals surface area (Å²) in [6.45, 7) is 1.96. The predicted molar refractivity (Wildman–Crippen MR) is 47.3 cm³/mol. The van der Waals surface area contributed by atoms with Crippen LogP contribution >= 0.6 is 0 Å². The molecule has 0 spiro atoms. The van der Waals surface area contributed by atoms with E-state index >= 15 is 0 Å². The Hall–Kier alpha value is -0.940. The fourth-order valence-electron chi connectivity index (χ4n) is 1.67. The summed E-state index contributed by atoms with van der Waals surface area (Å²) in [5.41, 5.74) is 2.57. The molecule has 1 heterocycles. The molecule has 0 radical (unpaired) electrons. The molecule has 0 atom stereocenters. The van der Waals surface area contributed by atoms with Crippen LogP contribution in [0.3, 0.4) is 0 Å². The van der Waals surface area contributed by atoms with Crippen LogP contribution in [0.1, 0.15) is 11.1 Å². The average Bonchev–Trinajstić information content (AvgIpc) is 2.17. The van der Waals surface area contributed by atoms with Gasteiger partial charge in [-0.2, -0.15) is 0 Å². The lowest BCUT2D eigenvalue weighted by Gasteiger charge is -2.13. The summed E-state index contributed by atoms with van der Waals surface area (Å²) in [6.07, 6.45) is 1.02. The van der Waals surface area contributed by atoms with Gasteiger partial charge in [0.1, 0.15) is 6.54 Å². The summed E-state index contributed by atoms with van der Waals surface area (Å²) in [4.78, 5) is 10.1. The molecule has 0 amide bonds. The molecule has 2 rings (SSSR count). The Bertz CT molecular complexity index is 355. The van der Waals surface area contributed by atoms with E-state index in [2.05, 4.69) is 5.32 Å². The van der Waals surface area contributed by atoms with Gasteiger partial charge < -0.3 is 22.3 Å². The van der Waals surface area contributed by atoms with E-state index in [-0.39, 0.29) is 27.6 Å². The first-order chi connectivity index (χ1) is 6.27. The number of quaternary nitrogens is 1. The Morgan fingerprint density at radius 1 is 1.36 bits per heavy atom. The number of hydrogen-bond acceptors (Lipinski definition) is 2. The zero-order valence-electron chi connectivity index (χ0n) is 7.57. The van der Waals surface area contributed by atoms with E-state index in [1.165, 1.54) is 5.56 Å². The van der Waals surface area contributed by atoms with Gasteiger partial charge in [-0.1, -0.05) is 6.07 Å². The third-order valence-electron chi connectivity index (χ3n) is 2.38. The normalized spacial score (nSPS) is 14.0. The minimum atomic E-state index is -0.338. The van der Waals surface area contributed by atoms with Crippen molar-refractivity contribution in [1.82, 2.24) is 0 Å². The van der Waals surface area contributed by atoms with Crippen LogP contribution in [0.5, 0.6) is 0 Å². The van der Waals surface area contributed by atoms with Crippen molar-refractivity contribution in [3.63, 3.8) is 0 Å². The van der Waals surface area contributed by atoms with Gasteiger partial charge in [-0.15, -0.1) is 0 Å². The maximum atomic E-state index is 10.5. The summed E-state index contributed by atoms with van der Waals surface area (Å²) in [7, 11) is 0. The summed E-state index contributed by atoms with van der Waals surface area (Å²) in [6, 6.07) is 5.15. The monoisotopic (exact) mass is 258 g/mol. The maximum Gasteiger partial charge on any atom is 0.269 e. The van der Waals surface area contributed by atoms with E-state index in [0.29, 0.717) is 0 Å². The van der Waals surface area contributed by atoms with Crippen molar-refractivity contribution < 1.29 is 27.2 Å². The van der Waals surface area contributed by atoms with E-state index in [9.17, 15) is 10.1 Å². The first-order valence-electron chi connectivity index (χ1n) is 4.35. The van der Waals surface area contributed by atoms with Gasteiger partial charge in [0.25, 0.3) is 5.69 Å². The molecule has 4 nitrogen and oxygen atoms in total. The standard InChI is InChI=1S/C9H10N2O2.BrH/c12-11(13)9-2-1-7-3-4-10-6-8(7)5-9;/h1-2,5,10H,3-4,6H2;1H. The second kappa shape index (κ2) is 4.52. The molecule has 1 aromatic carbocycles. The number of benzene rings is 1. The van der Waals surface area contributed by atoms with Crippen molar-refractivity contribution >= 4 is 5.69 Å². The zero-order chi connectivity index (χ0) is 9.26. The number of nitro groups is 1. The largest absolute Gasteiger partial charge is 1.00 e. The highest BCUT2D eigenvalue weighted by molar-refractivity contribution is 5.40. The lowest BCUT2D eigenvalue weighted by molar-refractivity contribution is -0.673. The molecule has 2 N–H and O–H groups in total. The van der Waals surface area contributed by atoms with Gasteiger partial charge in [-0.25, -0.2) is 0 Å². The third kappa shape index (κ3) is 2.10. The van der Waals surface area contributed by atoms with Crippen LogP contribution in [0.25, 0.3) is 0 Å². The topological polar surface area (TPSA) is 59.8 Å². The predicted octanol–water partition coefficient (Wildman–Crippen LogP) is -2.78. The Labute approximate surface area is 92.2 Å². The number of rotatable bonds is 1. The second-order valence-electron chi connectivity index (χ2n) is 3.24. The summed E-state index contributed by atoms with van der Waals surface area (Å²) >= 11 is 0. The average molecular weight is 259 g/mol. The zero-order valence-corrected chi connectivity index (χ0v) is 9.16. The molecule has 0 fully saturated rings. The van der Waals surface area contributed by atoms with E-state index in [1.807, 2.05) is 6.07 Å². The van der Waals surface area contributed by atoms with Gasteiger partial charge in [-0.05, 0) is 5.56 Å². The molecule has 1 aliphatic rings. The van der Waals surface area contributed by atoms with Gasteiger partial charge in [0.05, 0.1) is 11.5 Å². The van der Waals surface area contributed by atoms with Crippen molar-refractivity contribution in [2.45, 2.75) is 13.0 Å². The summed E-state index contributed by atoms with van der Waals surface area (Å²) in [5.74, 6) is 0. The molecular formula is C9H11BrN2O2. The molecule has 1 aliphatic heterocycles. The molecule has 5 heteroatoms. The van der Waals surface area contributed by atoms with Crippen LogP contribution < -0.4 is 22.3 Å². The first-order valence-corrected chi connectivity index (χ1v) is 4.35. The number of nitro benzene ring substituents is 1. The number of nitrogens with two attached hydrogens (primary N) is 1. The molecule has 76 valence electrons. The minimum Gasteiger partial charge on any atom is -1.00 e. The van der Waals surface area contributed by atoms with Gasteiger partial charge in [0, 0.05) is 24.1 Å². The van der Waals surface area contributed by atoms with E-state index in [1.54, 1.807) is 12.1 Å².